The maximum absolute atomic E-state index is 14.6. The average Bonchev–Trinajstić information content (AvgIpc) is 3.51. The van der Waals surface area contributed by atoms with Crippen molar-refractivity contribution in [3.05, 3.63) is 99.1 Å². The number of benzene rings is 2. The Hall–Kier alpha value is -4.18. The summed E-state index contributed by atoms with van der Waals surface area (Å²) >= 11 is 0. The zero-order valence-corrected chi connectivity index (χ0v) is 25.5. The van der Waals surface area contributed by atoms with E-state index in [1.54, 1.807) is 22.9 Å². The van der Waals surface area contributed by atoms with E-state index in [0.717, 1.165) is 28.9 Å². The van der Waals surface area contributed by atoms with E-state index in [-0.39, 0.29) is 22.9 Å². The molecule has 0 unspecified atom stereocenters. The number of aryl methyl sites for hydroxylation is 2. The van der Waals surface area contributed by atoms with Gasteiger partial charge in [0.25, 0.3) is 11.5 Å². The standard InChI is InChI=1S/C34H38F3N5O2/c1-5-23-8-7-9-24(6-2)31(23)42-30(20-22(3)4)28(32(43)40-18-15-38-16-19-40)21-27(33(42)44)29-14-17-41(39-29)26-12-10-25(11-13-26)34(35,36)37/h7-14,17,21-22,38H,5-6,15-16,18-20H2,1-4H3. The predicted octanol–water partition coefficient (Wildman–Crippen LogP) is 6.08. The van der Waals surface area contributed by atoms with Crippen molar-refractivity contribution in [1.82, 2.24) is 24.6 Å². The third-order valence-corrected chi connectivity index (χ3v) is 8.05. The summed E-state index contributed by atoms with van der Waals surface area (Å²) in [5, 5.41) is 7.90. The van der Waals surface area contributed by atoms with E-state index in [1.165, 1.54) is 16.8 Å². The summed E-state index contributed by atoms with van der Waals surface area (Å²) in [6, 6.07) is 14.0. The van der Waals surface area contributed by atoms with Crippen molar-refractivity contribution in [3.63, 3.8) is 0 Å². The van der Waals surface area contributed by atoms with Crippen LogP contribution in [0.25, 0.3) is 22.6 Å². The summed E-state index contributed by atoms with van der Waals surface area (Å²) < 4.78 is 42.6. The molecule has 1 aliphatic rings. The van der Waals surface area contributed by atoms with Gasteiger partial charge in [0.2, 0.25) is 0 Å². The van der Waals surface area contributed by atoms with Crippen LogP contribution >= 0.6 is 0 Å². The molecule has 4 aromatic rings. The third kappa shape index (κ3) is 6.22. The molecule has 0 spiro atoms. The lowest BCUT2D eigenvalue weighted by molar-refractivity contribution is -0.137. The average molecular weight is 606 g/mol. The Morgan fingerprint density at radius 3 is 2.18 bits per heavy atom. The van der Waals surface area contributed by atoms with E-state index in [9.17, 15) is 22.8 Å². The highest BCUT2D eigenvalue weighted by atomic mass is 19.4. The molecule has 232 valence electrons. The molecule has 0 saturated carbocycles. The zero-order chi connectivity index (χ0) is 31.6. The first kappa shape index (κ1) is 31.3. The number of pyridine rings is 1. The minimum Gasteiger partial charge on any atom is -0.336 e. The first-order chi connectivity index (χ1) is 21.0. The van der Waals surface area contributed by atoms with Crippen LogP contribution in [0.5, 0.6) is 0 Å². The minimum absolute atomic E-state index is 0.133. The van der Waals surface area contributed by atoms with Crippen molar-refractivity contribution >= 4 is 5.91 Å². The second kappa shape index (κ2) is 12.8. The molecule has 3 heterocycles. The summed E-state index contributed by atoms with van der Waals surface area (Å²) in [6.45, 7) is 10.7. The van der Waals surface area contributed by atoms with Crippen molar-refractivity contribution < 1.29 is 18.0 Å². The van der Waals surface area contributed by atoms with Crippen LogP contribution in [0.1, 0.15) is 60.4 Å². The predicted molar refractivity (Wildman–Crippen MR) is 166 cm³/mol. The van der Waals surface area contributed by atoms with Gasteiger partial charge in [-0.05, 0) is 72.7 Å². The van der Waals surface area contributed by atoms with Crippen LogP contribution in [-0.2, 0) is 25.4 Å². The van der Waals surface area contributed by atoms with Gasteiger partial charge in [-0.25, -0.2) is 4.68 Å². The molecule has 0 atom stereocenters. The summed E-state index contributed by atoms with van der Waals surface area (Å²) in [6.07, 6.45) is -0.922. The SMILES string of the molecule is CCc1cccc(CC)c1-n1c(CC(C)C)c(C(=O)N2CCNCC2)cc(-c2ccn(-c3ccc(C(F)(F)F)cc3)n2)c1=O. The molecule has 2 aromatic carbocycles. The van der Waals surface area contributed by atoms with E-state index in [2.05, 4.69) is 24.3 Å². The number of rotatable bonds is 8. The van der Waals surface area contributed by atoms with Crippen molar-refractivity contribution in [2.45, 2.75) is 53.1 Å². The summed E-state index contributed by atoms with van der Waals surface area (Å²) in [5.41, 5.74) is 3.92. The number of alkyl halides is 3. The van der Waals surface area contributed by atoms with E-state index in [0.29, 0.717) is 68.1 Å². The van der Waals surface area contributed by atoms with Crippen LogP contribution in [0.3, 0.4) is 0 Å². The first-order valence-electron chi connectivity index (χ1n) is 15.2. The number of piperazine rings is 1. The maximum Gasteiger partial charge on any atom is 0.416 e. The summed E-state index contributed by atoms with van der Waals surface area (Å²) in [5.74, 6) is 0.0326. The van der Waals surface area contributed by atoms with Crippen LogP contribution in [0.15, 0.2) is 65.6 Å². The minimum atomic E-state index is -4.45. The lowest BCUT2D eigenvalue weighted by Gasteiger charge is -2.30. The zero-order valence-electron chi connectivity index (χ0n) is 25.5. The van der Waals surface area contributed by atoms with Crippen molar-refractivity contribution in [2.75, 3.05) is 26.2 Å². The molecule has 10 heteroatoms. The van der Waals surface area contributed by atoms with Gasteiger partial charge in [-0.15, -0.1) is 0 Å². The van der Waals surface area contributed by atoms with Gasteiger partial charge in [0.1, 0.15) is 0 Å². The number of nitrogens with zero attached hydrogens (tertiary/aromatic N) is 4. The van der Waals surface area contributed by atoms with E-state index < -0.39 is 11.7 Å². The number of halogens is 3. The van der Waals surface area contributed by atoms with Crippen molar-refractivity contribution in [3.8, 4) is 22.6 Å². The van der Waals surface area contributed by atoms with Gasteiger partial charge >= 0.3 is 6.18 Å². The summed E-state index contributed by atoms with van der Waals surface area (Å²) in [7, 11) is 0. The van der Waals surface area contributed by atoms with Gasteiger partial charge in [-0.2, -0.15) is 18.3 Å². The van der Waals surface area contributed by atoms with Gasteiger partial charge in [0.15, 0.2) is 0 Å². The van der Waals surface area contributed by atoms with Gasteiger partial charge < -0.3 is 10.2 Å². The third-order valence-electron chi connectivity index (χ3n) is 8.05. The molecule has 44 heavy (non-hydrogen) atoms. The Balaban J connectivity index is 1.75. The highest BCUT2D eigenvalue weighted by molar-refractivity contribution is 5.97. The molecule has 2 aromatic heterocycles. The Morgan fingerprint density at radius 1 is 0.977 bits per heavy atom. The molecule has 1 fully saturated rings. The Labute approximate surface area is 255 Å². The van der Waals surface area contributed by atoms with Gasteiger partial charge in [0, 0.05) is 38.1 Å². The first-order valence-corrected chi connectivity index (χ1v) is 15.2. The molecule has 5 rings (SSSR count). The fourth-order valence-corrected chi connectivity index (χ4v) is 5.80. The second-order valence-corrected chi connectivity index (χ2v) is 11.5. The molecular formula is C34H38F3N5O2. The van der Waals surface area contributed by atoms with Crippen LogP contribution in [0, 0.1) is 5.92 Å². The van der Waals surface area contributed by atoms with Gasteiger partial charge in [0.05, 0.1) is 33.8 Å². The molecule has 0 aliphatic carbocycles. The molecule has 1 amide bonds. The summed E-state index contributed by atoms with van der Waals surface area (Å²) in [4.78, 5) is 30.6. The molecule has 0 radical (unpaired) electrons. The molecule has 1 aliphatic heterocycles. The number of aromatic nitrogens is 3. The fourth-order valence-electron chi connectivity index (χ4n) is 5.80. The molecule has 0 bridgehead atoms. The molecule has 1 N–H and O–H groups in total. The number of carbonyl (C=O) groups excluding carboxylic acids is 1. The largest absolute Gasteiger partial charge is 0.416 e. The van der Waals surface area contributed by atoms with Crippen LogP contribution < -0.4 is 10.9 Å². The van der Waals surface area contributed by atoms with Crippen LogP contribution in [0.4, 0.5) is 13.2 Å². The highest BCUT2D eigenvalue weighted by Gasteiger charge is 2.31. The Kier molecular flexibility index (Phi) is 9.10. The van der Waals surface area contributed by atoms with Gasteiger partial charge in [-0.3, -0.25) is 14.2 Å². The lowest BCUT2D eigenvalue weighted by atomic mass is 9.96. The number of amides is 1. The maximum atomic E-state index is 14.6. The number of para-hydroxylation sites is 1. The topological polar surface area (TPSA) is 72.2 Å². The number of hydrogen-bond donors (Lipinski definition) is 1. The smallest absolute Gasteiger partial charge is 0.336 e. The molecule has 7 nitrogen and oxygen atoms in total. The van der Waals surface area contributed by atoms with Crippen LogP contribution in [-0.4, -0.2) is 51.3 Å². The monoisotopic (exact) mass is 605 g/mol. The van der Waals surface area contributed by atoms with Crippen molar-refractivity contribution in [1.29, 1.82) is 0 Å². The lowest BCUT2D eigenvalue weighted by Crippen LogP contribution is -2.47. The van der Waals surface area contributed by atoms with Crippen LogP contribution in [0.2, 0.25) is 0 Å². The number of hydrogen-bond acceptors (Lipinski definition) is 4. The molecular weight excluding hydrogens is 567 g/mol. The number of carbonyl (C=O) groups is 1. The Morgan fingerprint density at radius 2 is 1.61 bits per heavy atom. The fraction of sp³-hybridized carbons (Fsp3) is 0.382. The van der Waals surface area contributed by atoms with Gasteiger partial charge in [-0.1, -0.05) is 45.9 Å². The Bertz CT molecular complexity index is 1680. The normalized spacial score (nSPS) is 14.0. The molecule has 1 saturated heterocycles. The number of nitrogens with one attached hydrogen (secondary N) is 1. The second-order valence-electron chi connectivity index (χ2n) is 11.5. The van der Waals surface area contributed by atoms with E-state index in [1.807, 2.05) is 36.9 Å². The highest BCUT2D eigenvalue weighted by Crippen LogP contribution is 2.31. The quantitative estimate of drug-likeness (QED) is 0.264. The van der Waals surface area contributed by atoms with E-state index in [4.69, 9.17) is 0 Å². The van der Waals surface area contributed by atoms with Crippen molar-refractivity contribution in [2.24, 2.45) is 5.92 Å². The van der Waals surface area contributed by atoms with E-state index >= 15 is 0 Å².